The minimum Gasteiger partial charge on any atom is -0.461 e. The Bertz CT molecular complexity index is 400. The van der Waals surface area contributed by atoms with E-state index in [1.807, 2.05) is 19.1 Å². The van der Waals surface area contributed by atoms with E-state index in [2.05, 4.69) is 32.1 Å². The van der Waals surface area contributed by atoms with Crippen molar-refractivity contribution in [3.05, 3.63) is 42.2 Å². The van der Waals surface area contributed by atoms with Crippen LogP contribution in [0.5, 0.6) is 0 Å². The van der Waals surface area contributed by atoms with Crippen LogP contribution in [0.4, 0.5) is 0 Å². The van der Waals surface area contributed by atoms with Gasteiger partial charge in [0.1, 0.15) is 19.4 Å². The molecule has 1 aromatic carbocycles. The topological polar surface area (TPSA) is 13.1 Å². The molecule has 13 heavy (non-hydrogen) atoms. The van der Waals surface area contributed by atoms with Crippen LogP contribution in [0, 0.1) is 6.92 Å². The highest BCUT2D eigenvalue weighted by Crippen LogP contribution is 2.20. The molecule has 2 rings (SSSR count). The lowest BCUT2D eigenvalue weighted by Crippen LogP contribution is -1.98. The molecule has 0 radical (unpaired) electrons. The van der Waals surface area contributed by atoms with Crippen LogP contribution in [0.15, 0.2) is 40.8 Å². The second-order valence-electron chi connectivity index (χ2n) is 3.28. The molecule has 0 bridgehead atoms. The largest absolute Gasteiger partial charge is 0.461 e. The molecule has 2 aromatic rings. The van der Waals surface area contributed by atoms with Crippen molar-refractivity contribution in [3.63, 3.8) is 0 Å². The van der Waals surface area contributed by atoms with Crippen LogP contribution in [-0.4, -0.2) is 7.85 Å². The summed E-state index contributed by atoms with van der Waals surface area (Å²) in [7, 11) is 2.08. The van der Waals surface area contributed by atoms with Crippen molar-refractivity contribution in [2.24, 2.45) is 0 Å². The highest BCUT2D eigenvalue weighted by atomic mass is 16.3. The molecule has 0 amide bonds. The summed E-state index contributed by atoms with van der Waals surface area (Å²) >= 11 is 0. The second kappa shape index (κ2) is 3.13. The normalized spacial score (nSPS) is 10.2. The average molecular weight is 170 g/mol. The molecule has 0 atom stereocenters. The fourth-order valence-corrected chi connectivity index (χ4v) is 1.31. The summed E-state index contributed by atoms with van der Waals surface area (Å²) in [6.07, 6.45) is 0. The van der Waals surface area contributed by atoms with E-state index in [9.17, 15) is 0 Å². The van der Waals surface area contributed by atoms with Gasteiger partial charge in [0.05, 0.1) is 0 Å². The van der Waals surface area contributed by atoms with Crippen LogP contribution in [0.25, 0.3) is 11.3 Å². The highest BCUT2D eigenvalue weighted by Gasteiger charge is 2.00. The lowest BCUT2D eigenvalue weighted by Gasteiger charge is -1.96. The van der Waals surface area contributed by atoms with Gasteiger partial charge in [-0.15, -0.1) is 0 Å². The lowest BCUT2D eigenvalue weighted by atomic mass is 9.95. The summed E-state index contributed by atoms with van der Waals surface area (Å²) in [6.45, 7) is 1.96. The zero-order valence-electron chi connectivity index (χ0n) is 7.87. The van der Waals surface area contributed by atoms with E-state index in [0.29, 0.717) is 0 Å². The SMILES string of the molecule is Bc1ccc(-c2ccc(C)o2)cc1. The Morgan fingerprint density at radius 2 is 1.69 bits per heavy atom. The summed E-state index contributed by atoms with van der Waals surface area (Å²) in [6, 6.07) is 12.3. The van der Waals surface area contributed by atoms with Crippen LogP contribution in [-0.2, 0) is 0 Å². The van der Waals surface area contributed by atoms with Crippen molar-refractivity contribution in [3.8, 4) is 11.3 Å². The number of furan rings is 1. The number of hydrogen-bond donors (Lipinski definition) is 0. The maximum absolute atomic E-state index is 5.51. The molecule has 1 heterocycles. The Morgan fingerprint density at radius 1 is 1.00 bits per heavy atom. The van der Waals surface area contributed by atoms with Gasteiger partial charge in [0.15, 0.2) is 0 Å². The van der Waals surface area contributed by atoms with Crippen LogP contribution < -0.4 is 5.46 Å². The highest BCUT2D eigenvalue weighted by molar-refractivity contribution is 6.32. The zero-order chi connectivity index (χ0) is 9.26. The van der Waals surface area contributed by atoms with Crippen molar-refractivity contribution in [2.75, 3.05) is 0 Å². The summed E-state index contributed by atoms with van der Waals surface area (Å²) < 4.78 is 5.51. The summed E-state index contributed by atoms with van der Waals surface area (Å²) in [5.74, 6) is 1.90. The predicted octanol–water partition coefficient (Wildman–Crippen LogP) is 1.51. The van der Waals surface area contributed by atoms with E-state index in [-0.39, 0.29) is 0 Å². The molecule has 0 saturated heterocycles. The number of hydrogen-bond acceptors (Lipinski definition) is 1. The van der Waals surface area contributed by atoms with E-state index >= 15 is 0 Å². The van der Waals surface area contributed by atoms with E-state index in [4.69, 9.17) is 4.42 Å². The second-order valence-corrected chi connectivity index (χ2v) is 3.28. The smallest absolute Gasteiger partial charge is 0.139 e. The van der Waals surface area contributed by atoms with Gasteiger partial charge in [-0.2, -0.15) is 0 Å². The van der Waals surface area contributed by atoms with Crippen molar-refractivity contribution in [1.82, 2.24) is 0 Å². The maximum atomic E-state index is 5.51. The molecule has 1 aromatic heterocycles. The van der Waals surface area contributed by atoms with Gasteiger partial charge in [-0.1, -0.05) is 29.7 Å². The van der Waals surface area contributed by atoms with Gasteiger partial charge < -0.3 is 4.42 Å². The van der Waals surface area contributed by atoms with Gasteiger partial charge in [-0.25, -0.2) is 0 Å². The first-order valence-electron chi connectivity index (χ1n) is 4.39. The Kier molecular flexibility index (Phi) is 1.97. The number of rotatable bonds is 1. The minimum absolute atomic E-state index is 0.942. The maximum Gasteiger partial charge on any atom is 0.139 e. The first-order chi connectivity index (χ1) is 6.25. The Morgan fingerprint density at radius 3 is 2.23 bits per heavy atom. The Labute approximate surface area is 78.8 Å². The molecular formula is C11H11BO. The van der Waals surface area contributed by atoms with Crippen molar-refractivity contribution < 1.29 is 4.42 Å². The lowest BCUT2D eigenvalue weighted by molar-refractivity contribution is 0.548. The molecule has 0 aliphatic rings. The zero-order valence-corrected chi connectivity index (χ0v) is 7.87. The van der Waals surface area contributed by atoms with E-state index in [1.54, 1.807) is 0 Å². The predicted molar refractivity (Wildman–Crippen MR) is 57.1 cm³/mol. The minimum atomic E-state index is 0.942. The fraction of sp³-hybridized carbons (Fsp3) is 0.0909. The van der Waals surface area contributed by atoms with Gasteiger partial charge in [0.25, 0.3) is 0 Å². The third kappa shape index (κ3) is 1.67. The Hall–Kier alpha value is -1.44. The molecule has 0 aliphatic heterocycles. The van der Waals surface area contributed by atoms with Crippen molar-refractivity contribution >= 4 is 13.3 Å². The van der Waals surface area contributed by atoms with Crippen LogP contribution in [0.1, 0.15) is 5.76 Å². The van der Waals surface area contributed by atoms with Gasteiger partial charge in [-0.05, 0) is 19.1 Å². The number of aryl methyl sites for hydroxylation is 1. The molecule has 0 aliphatic carbocycles. The monoisotopic (exact) mass is 170 g/mol. The fourth-order valence-electron chi connectivity index (χ4n) is 1.31. The molecule has 0 fully saturated rings. The third-order valence-electron chi connectivity index (χ3n) is 2.08. The summed E-state index contributed by atoms with van der Waals surface area (Å²) in [5.41, 5.74) is 2.41. The van der Waals surface area contributed by atoms with Crippen LogP contribution in [0.2, 0.25) is 0 Å². The Balaban J connectivity index is 2.41. The molecule has 0 N–H and O–H groups in total. The van der Waals surface area contributed by atoms with Crippen molar-refractivity contribution in [2.45, 2.75) is 6.92 Å². The first kappa shape index (κ1) is 8.18. The molecular weight excluding hydrogens is 159 g/mol. The van der Waals surface area contributed by atoms with Crippen LogP contribution >= 0.6 is 0 Å². The van der Waals surface area contributed by atoms with E-state index < -0.39 is 0 Å². The van der Waals surface area contributed by atoms with E-state index in [1.165, 1.54) is 5.46 Å². The molecule has 64 valence electrons. The third-order valence-corrected chi connectivity index (χ3v) is 2.08. The standard InChI is InChI=1S/C11H11BO/c1-8-2-7-11(13-8)9-3-5-10(12)6-4-9/h2-7H,12H2,1H3. The molecule has 0 saturated carbocycles. The van der Waals surface area contributed by atoms with Crippen molar-refractivity contribution in [1.29, 1.82) is 0 Å². The average Bonchev–Trinajstić information content (AvgIpc) is 2.53. The first-order valence-corrected chi connectivity index (χ1v) is 4.39. The van der Waals surface area contributed by atoms with Gasteiger partial charge >= 0.3 is 0 Å². The van der Waals surface area contributed by atoms with Gasteiger partial charge in [0.2, 0.25) is 0 Å². The quantitative estimate of drug-likeness (QED) is 0.591. The molecule has 2 heteroatoms. The summed E-state index contributed by atoms with van der Waals surface area (Å²) in [5, 5.41) is 0. The van der Waals surface area contributed by atoms with E-state index in [0.717, 1.165) is 17.1 Å². The van der Waals surface area contributed by atoms with Gasteiger partial charge in [0, 0.05) is 5.56 Å². The molecule has 0 spiro atoms. The molecule has 0 unspecified atom stereocenters. The summed E-state index contributed by atoms with van der Waals surface area (Å²) in [4.78, 5) is 0. The van der Waals surface area contributed by atoms with Crippen LogP contribution in [0.3, 0.4) is 0 Å². The number of benzene rings is 1. The van der Waals surface area contributed by atoms with Gasteiger partial charge in [-0.3, -0.25) is 0 Å². The molecule has 1 nitrogen and oxygen atoms in total.